The second-order valence-corrected chi connectivity index (χ2v) is 6.79. The Bertz CT molecular complexity index is 629. The van der Waals surface area contributed by atoms with Gasteiger partial charge in [0.25, 0.3) is 11.6 Å². The molecular formula is C18H24N2O4. The van der Waals surface area contributed by atoms with Crippen LogP contribution in [0.3, 0.4) is 0 Å². The first-order chi connectivity index (χ1) is 11.6. The summed E-state index contributed by atoms with van der Waals surface area (Å²) >= 11 is 0. The third-order valence-electron chi connectivity index (χ3n) is 5.37. The molecule has 0 aromatic heterocycles. The van der Waals surface area contributed by atoms with E-state index in [1.807, 2.05) is 4.90 Å². The van der Waals surface area contributed by atoms with Gasteiger partial charge in [0, 0.05) is 18.7 Å². The lowest BCUT2D eigenvalue weighted by Gasteiger charge is -2.44. The molecule has 130 valence electrons. The van der Waals surface area contributed by atoms with Crippen LogP contribution in [0.4, 0.5) is 5.69 Å². The van der Waals surface area contributed by atoms with Gasteiger partial charge in [0.2, 0.25) is 0 Å². The van der Waals surface area contributed by atoms with E-state index in [4.69, 9.17) is 4.74 Å². The van der Waals surface area contributed by atoms with Crippen LogP contribution in [-0.4, -0.2) is 34.9 Å². The summed E-state index contributed by atoms with van der Waals surface area (Å²) < 4.78 is 5.63. The molecule has 6 nitrogen and oxygen atoms in total. The van der Waals surface area contributed by atoms with Crippen LogP contribution in [0, 0.1) is 23.0 Å². The molecule has 0 radical (unpaired) electrons. The van der Waals surface area contributed by atoms with Crippen molar-refractivity contribution in [3.8, 4) is 5.75 Å². The Morgan fingerprint density at radius 1 is 1.29 bits per heavy atom. The Balaban J connectivity index is 1.65. The zero-order valence-electron chi connectivity index (χ0n) is 14.1. The van der Waals surface area contributed by atoms with Crippen molar-refractivity contribution < 1.29 is 14.5 Å². The number of nitro groups is 1. The van der Waals surface area contributed by atoms with Crippen LogP contribution in [0.1, 0.15) is 44.1 Å². The van der Waals surface area contributed by atoms with Gasteiger partial charge >= 0.3 is 0 Å². The number of fused-ring (bicyclic) bond motifs is 1. The van der Waals surface area contributed by atoms with Gasteiger partial charge in [-0.25, -0.2) is 0 Å². The first-order valence-electron chi connectivity index (χ1n) is 8.74. The number of nitrogens with zero attached hydrogens (tertiary/aromatic N) is 2. The van der Waals surface area contributed by atoms with Crippen LogP contribution in [0.25, 0.3) is 0 Å². The lowest BCUT2D eigenvalue weighted by molar-refractivity contribution is -0.385. The van der Waals surface area contributed by atoms with Crippen LogP contribution < -0.4 is 4.74 Å². The first kappa shape index (κ1) is 16.7. The Kier molecular flexibility index (Phi) is 5.02. The van der Waals surface area contributed by atoms with Crippen molar-refractivity contribution in [1.29, 1.82) is 0 Å². The van der Waals surface area contributed by atoms with E-state index in [1.165, 1.54) is 31.7 Å². The van der Waals surface area contributed by atoms with E-state index >= 15 is 0 Å². The van der Waals surface area contributed by atoms with Gasteiger partial charge in [-0.05, 0) is 44.6 Å². The lowest BCUT2D eigenvalue weighted by atomic mass is 9.78. The fourth-order valence-corrected chi connectivity index (χ4v) is 4.11. The molecule has 1 aliphatic heterocycles. The minimum Gasteiger partial charge on any atom is -0.483 e. The molecule has 1 saturated carbocycles. The van der Waals surface area contributed by atoms with Crippen molar-refractivity contribution in [1.82, 2.24) is 4.90 Å². The largest absolute Gasteiger partial charge is 0.483 e. The van der Waals surface area contributed by atoms with E-state index in [0.29, 0.717) is 23.3 Å². The molecular weight excluding hydrogens is 308 g/mol. The first-order valence-corrected chi connectivity index (χ1v) is 8.74. The van der Waals surface area contributed by atoms with E-state index in [1.54, 1.807) is 19.1 Å². The molecule has 1 heterocycles. The van der Waals surface area contributed by atoms with E-state index in [2.05, 4.69) is 0 Å². The molecule has 3 rings (SSSR count). The van der Waals surface area contributed by atoms with Crippen molar-refractivity contribution in [2.75, 3.05) is 13.2 Å². The third-order valence-corrected chi connectivity index (χ3v) is 5.37. The summed E-state index contributed by atoms with van der Waals surface area (Å²) in [7, 11) is 0. The van der Waals surface area contributed by atoms with Gasteiger partial charge in [-0.2, -0.15) is 0 Å². The van der Waals surface area contributed by atoms with Crippen molar-refractivity contribution >= 4 is 11.6 Å². The average molecular weight is 332 g/mol. The van der Waals surface area contributed by atoms with Gasteiger partial charge in [-0.1, -0.05) is 18.9 Å². The summed E-state index contributed by atoms with van der Waals surface area (Å²) in [5.74, 6) is 1.04. The number of hydrogen-bond donors (Lipinski definition) is 0. The maximum absolute atomic E-state index is 12.6. The highest BCUT2D eigenvalue weighted by atomic mass is 16.6. The normalized spacial score (nSPS) is 23.5. The highest BCUT2D eigenvalue weighted by Gasteiger charge is 2.35. The molecule has 1 aromatic carbocycles. The van der Waals surface area contributed by atoms with Crippen LogP contribution in [0.15, 0.2) is 18.2 Å². The monoisotopic (exact) mass is 332 g/mol. The summed E-state index contributed by atoms with van der Waals surface area (Å²) in [6, 6.07) is 5.06. The van der Waals surface area contributed by atoms with Gasteiger partial charge in [0.1, 0.15) is 5.75 Å². The van der Waals surface area contributed by atoms with Gasteiger partial charge < -0.3 is 9.64 Å². The molecule has 24 heavy (non-hydrogen) atoms. The molecule has 1 aromatic rings. The molecule has 0 bridgehead atoms. The number of rotatable bonds is 4. The highest BCUT2D eigenvalue weighted by Crippen LogP contribution is 2.35. The fourth-order valence-electron chi connectivity index (χ4n) is 4.11. The number of piperidine rings is 1. The zero-order chi connectivity index (χ0) is 17.1. The molecule has 1 amide bonds. The highest BCUT2D eigenvalue weighted by molar-refractivity contribution is 5.78. The van der Waals surface area contributed by atoms with Gasteiger partial charge in [-0.3, -0.25) is 14.9 Å². The third kappa shape index (κ3) is 3.37. The van der Waals surface area contributed by atoms with Crippen molar-refractivity contribution in [3.63, 3.8) is 0 Å². The van der Waals surface area contributed by atoms with Crippen LogP contribution in [0.5, 0.6) is 5.75 Å². The number of carbonyl (C=O) groups is 1. The van der Waals surface area contributed by atoms with E-state index in [0.717, 1.165) is 19.4 Å². The summed E-state index contributed by atoms with van der Waals surface area (Å²) in [4.78, 5) is 25.2. The summed E-state index contributed by atoms with van der Waals surface area (Å²) in [5.41, 5.74) is 0.481. The van der Waals surface area contributed by atoms with Crippen molar-refractivity contribution in [2.45, 2.75) is 51.5 Å². The van der Waals surface area contributed by atoms with Gasteiger partial charge in [-0.15, -0.1) is 0 Å². The maximum atomic E-state index is 12.6. The van der Waals surface area contributed by atoms with Crippen molar-refractivity contribution in [2.24, 2.45) is 5.92 Å². The minimum atomic E-state index is -0.429. The summed E-state index contributed by atoms with van der Waals surface area (Å²) in [5, 5.41) is 11.0. The molecule has 1 aliphatic carbocycles. The second-order valence-electron chi connectivity index (χ2n) is 6.79. The van der Waals surface area contributed by atoms with E-state index in [9.17, 15) is 14.9 Å². The Hall–Kier alpha value is -2.11. The number of benzene rings is 1. The Morgan fingerprint density at radius 2 is 2.04 bits per heavy atom. The number of carbonyl (C=O) groups excluding carboxylic acids is 1. The minimum absolute atomic E-state index is 0.00231. The average Bonchev–Trinajstić information content (AvgIpc) is 2.59. The number of hydrogen-bond acceptors (Lipinski definition) is 4. The molecule has 2 fully saturated rings. The SMILES string of the molecule is Cc1c(OCC(=O)N2CCCC3CCCCC32)cccc1[N+](=O)[O-]. The second kappa shape index (κ2) is 7.20. The number of ether oxygens (including phenoxy) is 1. The lowest BCUT2D eigenvalue weighted by Crippen LogP contribution is -2.51. The van der Waals surface area contributed by atoms with E-state index in [-0.39, 0.29) is 18.2 Å². The van der Waals surface area contributed by atoms with Crippen LogP contribution in [-0.2, 0) is 4.79 Å². The smallest absolute Gasteiger partial charge is 0.276 e. The predicted octanol–water partition coefficient (Wildman–Crippen LogP) is 3.46. The number of amides is 1. The summed E-state index contributed by atoms with van der Waals surface area (Å²) in [6.07, 6.45) is 7.05. The van der Waals surface area contributed by atoms with E-state index < -0.39 is 4.92 Å². The summed E-state index contributed by atoms with van der Waals surface area (Å²) in [6.45, 7) is 2.40. The number of nitro benzene ring substituents is 1. The number of likely N-dealkylation sites (tertiary alicyclic amines) is 1. The van der Waals surface area contributed by atoms with Gasteiger partial charge in [0.15, 0.2) is 6.61 Å². The standard InChI is InChI=1S/C18H24N2O4/c1-13-15(20(22)23)9-4-10-17(13)24-12-18(21)19-11-5-7-14-6-2-3-8-16(14)19/h4,9-10,14,16H,2-3,5-8,11-12H2,1H3. The zero-order valence-corrected chi connectivity index (χ0v) is 14.1. The molecule has 2 atom stereocenters. The quantitative estimate of drug-likeness (QED) is 0.625. The van der Waals surface area contributed by atoms with Gasteiger partial charge in [0.05, 0.1) is 10.5 Å². The topological polar surface area (TPSA) is 72.7 Å². The molecule has 1 saturated heterocycles. The Morgan fingerprint density at radius 3 is 2.83 bits per heavy atom. The Labute approximate surface area is 141 Å². The maximum Gasteiger partial charge on any atom is 0.276 e. The fraction of sp³-hybridized carbons (Fsp3) is 0.611. The molecule has 2 unspecified atom stereocenters. The molecule has 0 N–H and O–H groups in total. The molecule has 0 spiro atoms. The van der Waals surface area contributed by atoms with Crippen molar-refractivity contribution in [3.05, 3.63) is 33.9 Å². The van der Waals surface area contributed by atoms with Crippen LogP contribution in [0.2, 0.25) is 0 Å². The van der Waals surface area contributed by atoms with Crippen LogP contribution >= 0.6 is 0 Å². The molecule has 6 heteroatoms. The predicted molar refractivity (Wildman–Crippen MR) is 90.0 cm³/mol. The molecule has 2 aliphatic rings.